The van der Waals surface area contributed by atoms with Gasteiger partial charge in [-0.2, -0.15) is 0 Å². The second-order valence-electron chi connectivity index (χ2n) is 5.55. The van der Waals surface area contributed by atoms with Crippen molar-refractivity contribution in [1.82, 2.24) is 4.90 Å². The van der Waals surface area contributed by atoms with Crippen molar-refractivity contribution in [2.75, 3.05) is 13.1 Å². The Bertz CT molecular complexity index is 435. The first-order valence-corrected chi connectivity index (χ1v) is 5.64. The lowest BCUT2D eigenvalue weighted by Gasteiger charge is -2.39. The summed E-state index contributed by atoms with van der Waals surface area (Å²) in [5, 5.41) is 9.27. The molecular formula is C12H20FNO4. The predicted octanol–water partition coefficient (Wildman–Crippen LogP) is 2.06. The van der Waals surface area contributed by atoms with Gasteiger partial charge in [0.25, 0.3) is 0 Å². The van der Waals surface area contributed by atoms with Crippen molar-refractivity contribution in [2.24, 2.45) is 5.41 Å². The van der Waals surface area contributed by atoms with Crippen LogP contribution in [-0.2, 0) is 9.53 Å². The largest absolute Gasteiger partial charge is 0.481 e. The molecule has 1 N–H and O–H groups in total. The molecule has 6 heteroatoms. The van der Waals surface area contributed by atoms with Crippen LogP contribution < -0.4 is 0 Å². The van der Waals surface area contributed by atoms with Crippen LogP contribution in [0, 0.1) is 5.41 Å². The third kappa shape index (κ3) is 3.58. The molecule has 5 nitrogen and oxygen atoms in total. The lowest BCUT2D eigenvalue weighted by atomic mass is 9.81. The van der Waals surface area contributed by atoms with Crippen molar-refractivity contribution in [1.29, 1.82) is 0 Å². The van der Waals surface area contributed by atoms with E-state index >= 15 is 0 Å². The van der Waals surface area contributed by atoms with Crippen LogP contribution in [0.4, 0.5) is 9.18 Å². The highest BCUT2D eigenvalue weighted by molar-refractivity contribution is 5.76. The van der Waals surface area contributed by atoms with Gasteiger partial charge in [-0.05, 0) is 34.0 Å². The van der Waals surface area contributed by atoms with Crippen LogP contribution in [0.1, 0.15) is 38.2 Å². The third-order valence-corrected chi connectivity index (χ3v) is 2.51. The van der Waals surface area contributed by atoms with Gasteiger partial charge >= 0.3 is 12.1 Å². The molecule has 0 aromatic carbocycles. The Hall–Kier alpha value is -1.33. The van der Waals surface area contributed by atoms with Gasteiger partial charge < -0.3 is 14.7 Å². The molecule has 1 rings (SSSR count). The number of carbonyl (C=O) groups is 2. The van der Waals surface area contributed by atoms with E-state index in [1.807, 2.05) is 0 Å². The number of ether oxygens (including phenoxy) is 1. The molecule has 0 saturated carbocycles. The smallest absolute Gasteiger partial charge is 0.410 e. The van der Waals surface area contributed by atoms with E-state index < -0.39 is 49.1 Å². The summed E-state index contributed by atoms with van der Waals surface area (Å²) in [5.74, 6) is -1.64. The number of aliphatic carboxylic acids is 1. The van der Waals surface area contributed by atoms with Gasteiger partial charge in [0.1, 0.15) is 11.8 Å². The second kappa shape index (κ2) is 4.74. The maximum absolute atomic E-state index is 13.8. The van der Waals surface area contributed by atoms with E-state index in [9.17, 15) is 19.1 Å². The average Bonchev–Trinajstić information content (AvgIpc) is 2.23. The Morgan fingerprint density at radius 2 is 2.17 bits per heavy atom. The number of carboxylic acids is 1. The Morgan fingerprint density at radius 3 is 2.61 bits per heavy atom. The molecule has 1 aliphatic heterocycles. The van der Waals surface area contributed by atoms with Gasteiger partial charge in [-0.15, -0.1) is 0 Å². The van der Waals surface area contributed by atoms with Crippen molar-refractivity contribution in [3.63, 3.8) is 0 Å². The molecule has 0 radical (unpaired) electrons. The minimum Gasteiger partial charge on any atom is -0.481 e. The number of rotatable bonds is 1. The molecule has 1 saturated heterocycles. The normalized spacial score (nSPS) is 32.1. The summed E-state index contributed by atoms with van der Waals surface area (Å²) < 4.78 is 41.1. The topological polar surface area (TPSA) is 66.8 Å². The van der Waals surface area contributed by atoms with Crippen LogP contribution in [0.25, 0.3) is 0 Å². The SMILES string of the molecule is [2H]C([2H])([2H])C1(C(=O)O)CC(F)CN(C(=O)OC(C)(C)C)C1. The summed E-state index contributed by atoms with van der Waals surface area (Å²) in [7, 11) is 0. The van der Waals surface area contributed by atoms with E-state index in [0.29, 0.717) is 0 Å². The van der Waals surface area contributed by atoms with Gasteiger partial charge in [0.2, 0.25) is 0 Å². The van der Waals surface area contributed by atoms with Crippen LogP contribution in [0.2, 0.25) is 0 Å². The fourth-order valence-electron chi connectivity index (χ4n) is 1.76. The van der Waals surface area contributed by atoms with Gasteiger partial charge in [-0.3, -0.25) is 4.79 Å². The number of likely N-dealkylation sites (tertiary alicyclic amines) is 1. The molecule has 1 aliphatic rings. The number of piperidine rings is 1. The van der Waals surface area contributed by atoms with Gasteiger partial charge in [0, 0.05) is 10.7 Å². The summed E-state index contributed by atoms with van der Waals surface area (Å²) in [5.41, 5.74) is -3.16. The molecule has 18 heavy (non-hydrogen) atoms. The summed E-state index contributed by atoms with van der Waals surface area (Å²) in [6.07, 6.45) is -3.31. The number of hydrogen-bond donors (Lipinski definition) is 1. The number of alkyl halides is 1. The first-order chi connectivity index (χ1) is 9.28. The molecule has 0 aromatic heterocycles. The van der Waals surface area contributed by atoms with Gasteiger partial charge in [-0.25, -0.2) is 9.18 Å². The van der Waals surface area contributed by atoms with Crippen LogP contribution in [0.5, 0.6) is 0 Å². The Morgan fingerprint density at radius 1 is 1.56 bits per heavy atom. The Kier molecular flexibility index (Phi) is 2.79. The highest BCUT2D eigenvalue weighted by Crippen LogP contribution is 2.32. The number of amides is 1. The lowest BCUT2D eigenvalue weighted by Crippen LogP contribution is -2.53. The second-order valence-corrected chi connectivity index (χ2v) is 5.55. The first kappa shape index (κ1) is 10.6. The zero-order valence-electron chi connectivity index (χ0n) is 13.7. The van der Waals surface area contributed by atoms with Crippen molar-refractivity contribution < 1.29 is 27.9 Å². The van der Waals surface area contributed by atoms with Crippen LogP contribution in [0.3, 0.4) is 0 Å². The van der Waals surface area contributed by atoms with E-state index in [4.69, 9.17) is 8.85 Å². The van der Waals surface area contributed by atoms with Crippen molar-refractivity contribution in [2.45, 2.75) is 45.8 Å². The Labute approximate surface area is 110 Å². The van der Waals surface area contributed by atoms with Crippen molar-refractivity contribution >= 4 is 12.1 Å². The highest BCUT2D eigenvalue weighted by atomic mass is 19.1. The summed E-state index contributed by atoms with van der Waals surface area (Å²) >= 11 is 0. The molecule has 2 atom stereocenters. The molecule has 0 aromatic rings. The molecule has 1 amide bonds. The number of carbonyl (C=O) groups excluding carboxylic acids is 1. The fourth-order valence-corrected chi connectivity index (χ4v) is 1.76. The minimum absolute atomic E-state index is 0.375. The predicted molar refractivity (Wildman–Crippen MR) is 63.1 cm³/mol. The third-order valence-electron chi connectivity index (χ3n) is 2.51. The quantitative estimate of drug-likeness (QED) is 0.787. The highest BCUT2D eigenvalue weighted by Gasteiger charge is 2.44. The standard InChI is InChI=1S/C12H20FNO4/c1-11(2,3)18-10(17)14-6-8(13)5-12(4,7-14)9(15)16/h8H,5-7H2,1-4H3,(H,15,16)/i4D3. The average molecular weight is 264 g/mol. The monoisotopic (exact) mass is 264 g/mol. The maximum Gasteiger partial charge on any atom is 0.410 e. The summed E-state index contributed by atoms with van der Waals surface area (Å²) in [6, 6.07) is 0. The van der Waals surface area contributed by atoms with E-state index in [-0.39, 0.29) is 6.54 Å². The number of halogens is 1. The van der Waals surface area contributed by atoms with Crippen molar-refractivity contribution in [3.8, 4) is 0 Å². The molecule has 0 aliphatic carbocycles. The van der Waals surface area contributed by atoms with Gasteiger partial charge in [0.05, 0.1) is 12.0 Å². The van der Waals surface area contributed by atoms with Crippen molar-refractivity contribution in [3.05, 3.63) is 0 Å². The summed E-state index contributed by atoms with van der Waals surface area (Å²) in [6.45, 7) is 0.917. The van der Waals surface area contributed by atoms with E-state index in [2.05, 4.69) is 0 Å². The van der Waals surface area contributed by atoms with E-state index in [0.717, 1.165) is 4.90 Å². The number of hydrogen-bond acceptors (Lipinski definition) is 3. The molecule has 1 heterocycles. The first-order valence-electron chi connectivity index (χ1n) is 7.14. The van der Waals surface area contributed by atoms with E-state index in [1.165, 1.54) is 0 Å². The molecule has 1 fully saturated rings. The number of carboxylic acid groups (broad SMARTS) is 1. The number of nitrogens with zero attached hydrogens (tertiary/aromatic N) is 1. The lowest BCUT2D eigenvalue weighted by molar-refractivity contribution is -0.152. The zero-order valence-corrected chi connectivity index (χ0v) is 10.7. The van der Waals surface area contributed by atoms with Crippen LogP contribution >= 0.6 is 0 Å². The summed E-state index contributed by atoms with van der Waals surface area (Å²) in [4.78, 5) is 24.2. The molecule has 0 bridgehead atoms. The fraction of sp³-hybridized carbons (Fsp3) is 0.833. The van der Waals surface area contributed by atoms with Gasteiger partial charge in [-0.1, -0.05) is 0 Å². The van der Waals surface area contributed by atoms with Crippen LogP contribution in [0.15, 0.2) is 0 Å². The zero-order chi connectivity index (χ0) is 16.6. The molecule has 104 valence electrons. The minimum atomic E-state index is -2.93. The van der Waals surface area contributed by atoms with Gasteiger partial charge in [0.15, 0.2) is 0 Å². The Balaban J connectivity index is 3.06. The molecule has 2 unspecified atom stereocenters. The molecular weight excluding hydrogens is 241 g/mol. The molecule has 0 spiro atoms. The van der Waals surface area contributed by atoms with Crippen LogP contribution in [-0.4, -0.2) is 46.9 Å². The maximum atomic E-state index is 13.8. The van der Waals surface area contributed by atoms with E-state index in [1.54, 1.807) is 20.8 Å².